The average molecular weight is 550 g/mol. The Morgan fingerprint density at radius 1 is 1.05 bits per heavy atom. The van der Waals surface area contributed by atoms with E-state index >= 15 is 0 Å². The third-order valence-corrected chi connectivity index (χ3v) is 6.58. The molecular formula is C28H24ClN3O7. The Morgan fingerprint density at radius 2 is 1.69 bits per heavy atom. The molecule has 0 N–H and O–H groups in total. The Bertz CT molecular complexity index is 1450. The molecule has 1 heterocycles. The maximum atomic E-state index is 13.7. The highest BCUT2D eigenvalue weighted by Crippen LogP contribution is 2.30. The van der Waals surface area contributed by atoms with Gasteiger partial charge in [0, 0.05) is 18.2 Å². The van der Waals surface area contributed by atoms with Crippen LogP contribution in [0, 0.1) is 17.0 Å². The molecule has 0 bridgehead atoms. The van der Waals surface area contributed by atoms with Gasteiger partial charge in [0.15, 0.2) is 0 Å². The minimum atomic E-state index is -1.16. The lowest BCUT2D eigenvalue weighted by molar-refractivity contribution is -0.384. The molecular weight excluding hydrogens is 526 g/mol. The lowest BCUT2D eigenvalue weighted by Crippen LogP contribution is -2.45. The number of nitro benzene ring substituents is 1. The van der Waals surface area contributed by atoms with Crippen molar-refractivity contribution in [2.75, 3.05) is 11.5 Å². The van der Waals surface area contributed by atoms with Crippen molar-refractivity contribution in [1.82, 2.24) is 4.90 Å². The SMILES string of the molecule is CCOC(=O)c1ccc(N2C(=O)CC(N(Cc3ccc(C)cc3)C(=O)c3ccc(Cl)c([N+](=O)[O-])c3)C2=O)cc1. The van der Waals surface area contributed by atoms with Gasteiger partial charge in [-0.05, 0) is 55.8 Å². The Morgan fingerprint density at radius 3 is 2.31 bits per heavy atom. The first-order valence-electron chi connectivity index (χ1n) is 12.0. The minimum absolute atomic E-state index is 0.0190. The Labute approximate surface area is 228 Å². The van der Waals surface area contributed by atoms with Crippen LogP contribution in [0.1, 0.15) is 45.2 Å². The smallest absolute Gasteiger partial charge is 0.338 e. The van der Waals surface area contributed by atoms with E-state index in [2.05, 4.69) is 0 Å². The number of ether oxygens (including phenoxy) is 1. The molecule has 3 amide bonds. The van der Waals surface area contributed by atoms with Gasteiger partial charge < -0.3 is 9.64 Å². The van der Waals surface area contributed by atoms with Gasteiger partial charge in [-0.15, -0.1) is 0 Å². The molecule has 1 saturated heterocycles. The number of nitrogens with zero attached hydrogens (tertiary/aromatic N) is 3. The Balaban J connectivity index is 1.68. The van der Waals surface area contributed by atoms with Gasteiger partial charge in [0.25, 0.3) is 17.5 Å². The lowest BCUT2D eigenvalue weighted by Gasteiger charge is -2.28. The van der Waals surface area contributed by atoms with Crippen molar-refractivity contribution in [2.24, 2.45) is 0 Å². The number of hydrogen-bond acceptors (Lipinski definition) is 7. The monoisotopic (exact) mass is 549 g/mol. The molecule has 3 aromatic carbocycles. The van der Waals surface area contributed by atoms with Gasteiger partial charge in [0.2, 0.25) is 5.91 Å². The highest BCUT2D eigenvalue weighted by atomic mass is 35.5. The first kappa shape index (κ1) is 27.5. The zero-order chi connectivity index (χ0) is 28.3. The second-order valence-corrected chi connectivity index (χ2v) is 9.30. The minimum Gasteiger partial charge on any atom is -0.462 e. The van der Waals surface area contributed by atoms with Gasteiger partial charge in [-0.2, -0.15) is 0 Å². The summed E-state index contributed by atoms with van der Waals surface area (Å²) in [6.45, 7) is 3.77. The van der Waals surface area contributed by atoms with E-state index in [4.69, 9.17) is 16.3 Å². The predicted octanol–water partition coefficient (Wildman–Crippen LogP) is 4.71. The van der Waals surface area contributed by atoms with Crippen LogP contribution in [0.2, 0.25) is 5.02 Å². The van der Waals surface area contributed by atoms with Crippen LogP contribution in [0.3, 0.4) is 0 Å². The normalized spacial score (nSPS) is 14.8. The lowest BCUT2D eigenvalue weighted by atomic mass is 10.1. The number of aryl methyl sites for hydroxylation is 1. The molecule has 0 aromatic heterocycles. The molecule has 1 aliphatic rings. The van der Waals surface area contributed by atoms with Crippen LogP contribution in [-0.4, -0.2) is 46.2 Å². The number of imide groups is 1. The van der Waals surface area contributed by atoms with Crippen molar-refractivity contribution >= 4 is 46.7 Å². The van der Waals surface area contributed by atoms with Gasteiger partial charge >= 0.3 is 5.97 Å². The van der Waals surface area contributed by atoms with E-state index in [0.29, 0.717) is 5.56 Å². The average Bonchev–Trinajstić information content (AvgIpc) is 3.21. The summed E-state index contributed by atoms with van der Waals surface area (Å²) in [6, 6.07) is 15.6. The zero-order valence-corrected chi connectivity index (χ0v) is 21.9. The summed E-state index contributed by atoms with van der Waals surface area (Å²) < 4.78 is 4.97. The van der Waals surface area contributed by atoms with Crippen LogP contribution in [0.5, 0.6) is 0 Å². The summed E-state index contributed by atoms with van der Waals surface area (Å²) in [6.07, 6.45) is -0.286. The van der Waals surface area contributed by atoms with E-state index in [0.717, 1.165) is 16.5 Å². The Kier molecular flexibility index (Phi) is 8.06. The molecule has 0 radical (unpaired) electrons. The zero-order valence-electron chi connectivity index (χ0n) is 21.1. The van der Waals surface area contributed by atoms with Crippen LogP contribution in [0.15, 0.2) is 66.7 Å². The number of benzene rings is 3. The van der Waals surface area contributed by atoms with Crippen molar-refractivity contribution < 1.29 is 28.8 Å². The molecule has 0 spiro atoms. The number of amides is 3. The van der Waals surface area contributed by atoms with Crippen molar-refractivity contribution in [3.05, 3.63) is 104 Å². The first-order valence-corrected chi connectivity index (χ1v) is 12.4. The van der Waals surface area contributed by atoms with E-state index < -0.39 is 40.3 Å². The molecule has 0 saturated carbocycles. The fraction of sp³-hybridized carbons (Fsp3) is 0.214. The van der Waals surface area contributed by atoms with E-state index in [1.165, 1.54) is 41.3 Å². The molecule has 1 atom stereocenters. The quantitative estimate of drug-likeness (QED) is 0.172. The number of carbonyl (C=O) groups is 4. The van der Waals surface area contributed by atoms with E-state index in [9.17, 15) is 29.3 Å². The Hall–Kier alpha value is -4.57. The molecule has 11 heteroatoms. The fourth-order valence-electron chi connectivity index (χ4n) is 4.26. The standard InChI is InChI=1S/C28H24ClN3O7/c1-3-39-28(36)19-8-11-21(12-9-19)31-25(33)15-24(27(31)35)30(16-18-6-4-17(2)5-7-18)26(34)20-10-13-22(29)23(14-20)32(37)38/h4-14,24H,3,15-16H2,1-2H3. The van der Waals surface area contributed by atoms with Crippen molar-refractivity contribution in [2.45, 2.75) is 32.9 Å². The number of hydrogen-bond donors (Lipinski definition) is 0. The van der Waals surface area contributed by atoms with Crippen LogP contribution in [0.25, 0.3) is 0 Å². The summed E-state index contributed by atoms with van der Waals surface area (Å²) in [5.74, 6) is -2.36. The van der Waals surface area contributed by atoms with Crippen molar-refractivity contribution in [3.63, 3.8) is 0 Å². The molecule has 1 unspecified atom stereocenters. The number of esters is 1. The third kappa shape index (κ3) is 5.80. The summed E-state index contributed by atoms with van der Waals surface area (Å²) >= 11 is 5.92. The summed E-state index contributed by atoms with van der Waals surface area (Å²) in [5, 5.41) is 11.3. The second-order valence-electron chi connectivity index (χ2n) is 8.90. The second kappa shape index (κ2) is 11.4. The number of rotatable bonds is 8. The van der Waals surface area contributed by atoms with Gasteiger partial charge in [-0.1, -0.05) is 41.4 Å². The van der Waals surface area contributed by atoms with E-state index in [1.54, 1.807) is 19.1 Å². The molecule has 3 aromatic rings. The molecule has 4 rings (SSSR count). The number of halogens is 1. The van der Waals surface area contributed by atoms with Gasteiger partial charge in [0.05, 0.1) is 29.2 Å². The molecule has 0 aliphatic carbocycles. The number of anilines is 1. The van der Waals surface area contributed by atoms with Crippen LogP contribution in [-0.2, 0) is 20.9 Å². The molecule has 10 nitrogen and oxygen atoms in total. The molecule has 39 heavy (non-hydrogen) atoms. The highest BCUT2D eigenvalue weighted by molar-refractivity contribution is 6.32. The first-order chi connectivity index (χ1) is 18.6. The van der Waals surface area contributed by atoms with Crippen LogP contribution < -0.4 is 4.90 Å². The maximum absolute atomic E-state index is 13.7. The van der Waals surface area contributed by atoms with Gasteiger partial charge in [-0.3, -0.25) is 24.5 Å². The topological polar surface area (TPSA) is 127 Å². The van der Waals surface area contributed by atoms with Crippen LogP contribution >= 0.6 is 11.6 Å². The largest absolute Gasteiger partial charge is 0.462 e. The van der Waals surface area contributed by atoms with E-state index in [1.807, 2.05) is 19.1 Å². The molecule has 200 valence electrons. The summed E-state index contributed by atoms with van der Waals surface area (Å²) in [5.41, 5.74) is 1.71. The third-order valence-electron chi connectivity index (χ3n) is 6.26. The summed E-state index contributed by atoms with van der Waals surface area (Å²) in [4.78, 5) is 65.2. The molecule has 1 aliphatic heterocycles. The van der Waals surface area contributed by atoms with E-state index in [-0.39, 0.29) is 41.4 Å². The number of carbonyl (C=O) groups excluding carboxylic acids is 4. The van der Waals surface area contributed by atoms with Crippen molar-refractivity contribution in [1.29, 1.82) is 0 Å². The van der Waals surface area contributed by atoms with Crippen molar-refractivity contribution in [3.8, 4) is 0 Å². The van der Waals surface area contributed by atoms with Gasteiger partial charge in [-0.25, -0.2) is 9.69 Å². The van der Waals surface area contributed by atoms with Crippen LogP contribution in [0.4, 0.5) is 11.4 Å². The van der Waals surface area contributed by atoms with Gasteiger partial charge in [0.1, 0.15) is 11.1 Å². The predicted molar refractivity (Wildman–Crippen MR) is 142 cm³/mol. The highest BCUT2D eigenvalue weighted by Gasteiger charge is 2.44. The molecule has 1 fully saturated rings. The maximum Gasteiger partial charge on any atom is 0.338 e. The fourth-order valence-corrected chi connectivity index (χ4v) is 4.44. The summed E-state index contributed by atoms with van der Waals surface area (Å²) in [7, 11) is 0. The number of nitro groups is 1.